The highest BCUT2D eigenvalue weighted by Gasteiger charge is 2.22. The van der Waals surface area contributed by atoms with Crippen LogP contribution in [-0.2, 0) is 7.05 Å². The van der Waals surface area contributed by atoms with Gasteiger partial charge in [0.05, 0.1) is 6.33 Å². The smallest absolute Gasteiger partial charge is 0.165 e. The van der Waals surface area contributed by atoms with Gasteiger partial charge in [0.2, 0.25) is 0 Å². The Morgan fingerprint density at radius 3 is 2.90 bits per heavy atom. The van der Waals surface area contributed by atoms with Gasteiger partial charge in [0.1, 0.15) is 6.33 Å². The first kappa shape index (κ1) is 14.6. The van der Waals surface area contributed by atoms with Crippen molar-refractivity contribution in [3.05, 3.63) is 12.7 Å². The van der Waals surface area contributed by atoms with E-state index in [-0.39, 0.29) is 0 Å². The molecule has 1 aliphatic rings. The molecule has 0 aliphatic carbocycles. The largest absolute Gasteiger partial charge is 0.355 e. The molecule has 7 nitrogen and oxygen atoms in total. The summed E-state index contributed by atoms with van der Waals surface area (Å²) >= 11 is 1.20. The zero-order valence-electron chi connectivity index (χ0n) is 12.2. The lowest BCUT2D eigenvalue weighted by Gasteiger charge is -2.32. The van der Waals surface area contributed by atoms with Crippen LogP contribution in [0.25, 0.3) is 11.2 Å². The Morgan fingerprint density at radius 2 is 2.14 bits per heavy atom. The summed E-state index contributed by atoms with van der Waals surface area (Å²) in [5.74, 6) is 1.73. The molecule has 0 atom stereocenters. The summed E-state index contributed by atoms with van der Waals surface area (Å²) in [6.45, 7) is 3.04. The molecular formula is C13H21N7S. The number of nitrogens with zero attached hydrogens (tertiary/aromatic N) is 5. The maximum Gasteiger partial charge on any atom is 0.165 e. The molecule has 1 aliphatic heterocycles. The molecule has 2 aromatic rings. The fourth-order valence-electron chi connectivity index (χ4n) is 2.92. The summed E-state index contributed by atoms with van der Waals surface area (Å²) in [5, 5.41) is 5.37. The number of hydrogen-bond acceptors (Lipinski definition) is 7. The first-order valence-electron chi connectivity index (χ1n) is 7.25. The second kappa shape index (κ2) is 6.59. The lowest BCUT2D eigenvalue weighted by atomic mass is 9.93. The summed E-state index contributed by atoms with van der Waals surface area (Å²) in [7, 11) is 1.96. The number of nitrogens with one attached hydrogen (secondary N) is 1. The van der Waals surface area contributed by atoms with Crippen molar-refractivity contribution in [3.8, 4) is 0 Å². The molecule has 1 saturated heterocycles. The Bertz CT molecular complexity index is 591. The Hall–Kier alpha value is -1.38. The maximum atomic E-state index is 5.37. The summed E-state index contributed by atoms with van der Waals surface area (Å²) in [6.07, 6.45) is 6.99. The lowest BCUT2D eigenvalue weighted by molar-refractivity contribution is 0.382. The molecule has 0 aromatic carbocycles. The third kappa shape index (κ3) is 3.12. The quantitative estimate of drug-likeness (QED) is 0.631. The number of aryl methyl sites for hydroxylation is 1. The molecule has 8 heteroatoms. The Morgan fingerprint density at radius 1 is 1.33 bits per heavy atom. The van der Waals surface area contributed by atoms with Crippen molar-refractivity contribution < 1.29 is 0 Å². The third-order valence-corrected chi connectivity index (χ3v) is 4.50. The van der Waals surface area contributed by atoms with E-state index in [1.54, 1.807) is 12.7 Å². The molecule has 2 aromatic heterocycles. The second-order valence-electron chi connectivity index (χ2n) is 5.46. The molecule has 3 rings (SSSR count). The Kier molecular flexibility index (Phi) is 4.57. The van der Waals surface area contributed by atoms with Crippen molar-refractivity contribution in [3.63, 3.8) is 0 Å². The van der Waals surface area contributed by atoms with Crippen LogP contribution in [0, 0.1) is 5.92 Å². The number of piperidine rings is 1. The van der Waals surface area contributed by atoms with E-state index in [1.807, 2.05) is 11.6 Å². The van der Waals surface area contributed by atoms with Crippen LogP contribution in [0.15, 0.2) is 12.7 Å². The fourth-order valence-corrected chi connectivity index (χ4v) is 3.16. The number of anilines is 1. The van der Waals surface area contributed by atoms with Crippen molar-refractivity contribution in [2.24, 2.45) is 18.1 Å². The average molecular weight is 307 g/mol. The topological polar surface area (TPSA) is 84.9 Å². The van der Waals surface area contributed by atoms with E-state index in [0.717, 1.165) is 42.5 Å². The van der Waals surface area contributed by atoms with Crippen molar-refractivity contribution >= 4 is 29.1 Å². The number of imidazole rings is 1. The van der Waals surface area contributed by atoms with Gasteiger partial charge in [-0.3, -0.25) is 9.86 Å². The summed E-state index contributed by atoms with van der Waals surface area (Å²) in [6, 6.07) is 0. The Labute approximate surface area is 128 Å². The van der Waals surface area contributed by atoms with Crippen LogP contribution in [0.2, 0.25) is 0 Å². The molecule has 0 spiro atoms. The molecule has 3 N–H and O–H groups in total. The highest BCUT2D eigenvalue weighted by atomic mass is 32.2. The van der Waals surface area contributed by atoms with E-state index in [0.29, 0.717) is 0 Å². The zero-order chi connectivity index (χ0) is 14.7. The van der Waals surface area contributed by atoms with E-state index in [9.17, 15) is 0 Å². The molecule has 0 bridgehead atoms. The highest BCUT2D eigenvalue weighted by molar-refractivity contribution is 7.95. The summed E-state index contributed by atoms with van der Waals surface area (Å²) in [5.41, 5.74) is 1.80. The van der Waals surface area contributed by atoms with Crippen molar-refractivity contribution in [2.75, 3.05) is 24.5 Å². The van der Waals surface area contributed by atoms with Crippen LogP contribution in [0.5, 0.6) is 0 Å². The van der Waals surface area contributed by atoms with Gasteiger partial charge in [0.25, 0.3) is 0 Å². The van der Waals surface area contributed by atoms with Gasteiger partial charge in [0.15, 0.2) is 17.0 Å². The molecule has 1 fully saturated rings. The van der Waals surface area contributed by atoms with Gasteiger partial charge in [-0.25, -0.2) is 15.0 Å². The maximum absolute atomic E-state index is 5.37. The first-order valence-corrected chi connectivity index (χ1v) is 8.13. The molecule has 0 amide bonds. The van der Waals surface area contributed by atoms with Crippen molar-refractivity contribution in [1.82, 2.24) is 24.2 Å². The zero-order valence-corrected chi connectivity index (χ0v) is 13.0. The van der Waals surface area contributed by atoms with Crippen LogP contribution in [0.4, 0.5) is 5.82 Å². The highest BCUT2D eigenvalue weighted by Crippen LogP contribution is 2.27. The van der Waals surface area contributed by atoms with Crippen LogP contribution in [-0.4, -0.2) is 39.2 Å². The molecule has 0 unspecified atom stereocenters. The van der Waals surface area contributed by atoms with Gasteiger partial charge in [-0.2, -0.15) is 0 Å². The molecule has 21 heavy (non-hydrogen) atoms. The van der Waals surface area contributed by atoms with Gasteiger partial charge in [0, 0.05) is 38.8 Å². The first-order chi connectivity index (χ1) is 10.3. The minimum absolute atomic E-state index is 0.766. The molecule has 114 valence electrons. The van der Waals surface area contributed by atoms with Gasteiger partial charge in [-0.05, 0) is 25.2 Å². The van der Waals surface area contributed by atoms with Crippen LogP contribution in [0.3, 0.4) is 0 Å². The number of aromatic nitrogens is 4. The number of hydrogen-bond donors (Lipinski definition) is 2. The van der Waals surface area contributed by atoms with E-state index in [1.165, 1.54) is 31.4 Å². The minimum atomic E-state index is 0.766. The van der Waals surface area contributed by atoms with E-state index in [4.69, 9.17) is 5.14 Å². The Balaban J connectivity index is 1.66. The summed E-state index contributed by atoms with van der Waals surface area (Å²) in [4.78, 5) is 15.5. The van der Waals surface area contributed by atoms with Crippen LogP contribution >= 0.6 is 12.1 Å². The molecular weight excluding hydrogens is 286 g/mol. The van der Waals surface area contributed by atoms with Gasteiger partial charge < -0.3 is 9.47 Å². The van der Waals surface area contributed by atoms with Crippen LogP contribution < -0.4 is 14.8 Å². The van der Waals surface area contributed by atoms with E-state index < -0.39 is 0 Å². The predicted molar refractivity (Wildman–Crippen MR) is 85.6 cm³/mol. The predicted octanol–water partition coefficient (Wildman–Crippen LogP) is 1.08. The van der Waals surface area contributed by atoms with E-state index in [2.05, 4.69) is 24.6 Å². The molecule has 0 saturated carbocycles. The summed E-state index contributed by atoms with van der Waals surface area (Å²) < 4.78 is 5.05. The number of rotatable bonds is 5. The molecule has 0 radical (unpaired) electrons. The normalized spacial score (nSPS) is 16.8. The number of fused-ring (bicyclic) bond motifs is 1. The minimum Gasteiger partial charge on any atom is -0.355 e. The van der Waals surface area contributed by atoms with Crippen LogP contribution in [0.1, 0.15) is 19.3 Å². The second-order valence-corrected chi connectivity index (χ2v) is 5.98. The molecule has 3 heterocycles. The number of nitrogens with two attached hydrogens (primary N) is 1. The lowest BCUT2D eigenvalue weighted by Crippen LogP contribution is -2.35. The van der Waals surface area contributed by atoms with Gasteiger partial charge >= 0.3 is 0 Å². The van der Waals surface area contributed by atoms with Gasteiger partial charge in [-0.15, -0.1) is 0 Å². The van der Waals surface area contributed by atoms with Crippen molar-refractivity contribution in [1.29, 1.82) is 0 Å². The third-order valence-electron chi connectivity index (χ3n) is 4.13. The van der Waals surface area contributed by atoms with E-state index >= 15 is 0 Å². The monoisotopic (exact) mass is 307 g/mol. The standard InChI is InChI=1S/C13H21N7S/c1-19-9-17-11-12(19)15-8-16-13(11)20-6-3-10(4-7-20)2-5-18-21-14/h8-10,18H,2-7,14H2,1H3. The average Bonchev–Trinajstić information content (AvgIpc) is 2.90. The van der Waals surface area contributed by atoms with Crippen molar-refractivity contribution in [2.45, 2.75) is 19.3 Å². The van der Waals surface area contributed by atoms with Gasteiger partial charge in [-0.1, -0.05) is 0 Å². The fraction of sp³-hybridized carbons (Fsp3) is 0.615. The SMILES string of the molecule is Cn1cnc2c(N3CCC(CCNSN)CC3)ncnc21.